The van der Waals surface area contributed by atoms with Crippen molar-refractivity contribution >= 4 is 11.9 Å². The summed E-state index contributed by atoms with van der Waals surface area (Å²) in [4.78, 5) is 33.1. The lowest BCUT2D eigenvalue weighted by Gasteiger charge is -2.50. The van der Waals surface area contributed by atoms with Gasteiger partial charge in [-0.25, -0.2) is 0 Å². The standard InChI is InChI=1S/C28H26N2O4/c1-33-25(31)27-19-17-11-18(14-8-4-3-7-13(14)17)20(19)28(26(32)34-2)22-21(27)23-15-9-5-6-10-16(15)24(22)29(23)12-30(27)28/h3-10,17-24H,11-12H2,1-2H3/t17-,18+,19-,20+,21-,22+,23+,24-,27-,28+. The van der Waals surface area contributed by atoms with Gasteiger partial charge >= 0.3 is 11.9 Å². The van der Waals surface area contributed by atoms with Crippen molar-refractivity contribution in [1.29, 1.82) is 0 Å². The molecule has 0 N–H and O–H groups in total. The second-order valence-corrected chi connectivity index (χ2v) is 11.4. The van der Waals surface area contributed by atoms with Gasteiger partial charge in [0.1, 0.15) is 11.1 Å². The first-order valence-corrected chi connectivity index (χ1v) is 12.5. The maximum absolute atomic E-state index is 14.1. The topological polar surface area (TPSA) is 59.1 Å². The van der Waals surface area contributed by atoms with E-state index >= 15 is 0 Å². The Morgan fingerprint density at radius 1 is 0.735 bits per heavy atom. The predicted octanol–water partition coefficient (Wildman–Crippen LogP) is 2.97. The fraction of sp³-hybridized carbons (Fsp3) is 0.500. The summed E-state index contributed by atoms with van der Waals surface area (Å²) >= 11 is 0. The van der Waals surface area contributed by atoms with Crippen molar-refractivity contribution in [3.8, 4) is 0 Å². The Hall–Kier alpha value is -2.70. The maximum Gasteiger partial charge on any atom is 0.327 e. The van der Waals surface area contributed by atoms with Gasteiger partial charge in [-0.2, -0.15) is 0 Å². The van der Waals surface area contributed by atoms with E-state index in [1.54, 1.807) is 0 Å². The number of fused-ring (bicyclic) bond motifs is 9. The van der Waals surface area contributed by atoms with Crippen LogP contribution in [0.25, 0.3) is 0 Å². The van der Waals surface area contributed by atoms with E-state index in [4.69, 9.17) is 9.47 Å². The van der Waals surface area contributed by atoms with E-state index in [0.717, 1.165) is 6.42 Å². The number of esters is 2. The van der Waals surface area contributed by atoms with Gasteiger partial charge in [0.25, 0.3) is 0 Å². The molecule has 5 saturated heterocycles. The quantitative estimate of drug-likeness (QED) is 0.651. The van der Waals surface area contributed by atoms with E-state index in [0.29, 0.717) is 6.67 Å². The first-order valence-electron chi connectivity index (χ1n) is 12.5. The molecule has 6 aliphatic heterocycles. The Morgan fingerprint density at radius 2 is 1.18 bits per heavy atom. The summed E-state index contributed by atoms with van der Waals surface area (Å²) in [6.45, 7) is 0.615. The first kappa shape index (κ1) is 18.6. The lowest BCUT2D eigenvalue weighted by atomic mass is 9.49. The van der Waals surface area contributed by atoms with Crippen LogP contribution in [0.2, 0.25) is 0 Å². The molecule has 6 heteroatoms. The molecule has 2 aromatic carbocycles. The van der Waals surface area contributed by atoms with Gasteiger partial charge in [0.2, 0.25) is 0 Å². The van der Waals surface area contributed by atoms with Crippen LogP contribution in [0.5, 0.6) is 0 Å². The lowest BCUT2D eigenvalue weighted by Crippen LogP contribution is -2.67. The third kappa shape index (κ3) is 1.45. The molecule has 6 heterocycles. The third-order valence-electron chi connectivity index (χ3n) is 11.2. The Bertz CT molecular complexity index is 1230. The van der Waals surface area contributed by atoms with E-state index in [9.17, 15) is 9.59 Å². The van der Waals surface area contributed by atoms with E-state index in [-0.39, 0.29) is 59.5 Å². The molecule has 2 aliphatic carbocycles. The van der Waals surface area contributed by atoms with E-state index in [2.05, 4.69) is 58.3 Å². The molecule has 172 valence electrons. The largest absolute Gasteiger partial charge is 0.468 e. The second-order valence-electron chi connectivity index (χ2n) is 11.4. The summed E-state index contributed by atoms with van der Waals surface area (Å²) in [6, 6.07) is 17.7. The normalized spacial score (nSPS) is 50.3. The molecule has 10 bridgehead atoms. The molecule has 1 saturated carbocycles. The number of hydrogen-bond donors (Lipinski definition) is 0. The highest BCUT2D eigenvalue weighted by molar-refractivity contribution is 5.94. The van der Waals surface area contributed by atoms with Crippen LogP contribution in [0, 0.1) is 23.7 Å². The van der Waals surface area contributed by atoms with E-state index in [1.807, 2.05) is 0 Å². The van der Waals surface area contributed by atoms with Crippen LogP contribution in [0.15, 0.2) is 48.5 Å². The monoisotopic (exact) mass is 454 g/mol. The van der Waals surface area contributed by atoms with Gasteiger partial charge in [-0.3, -0.25) is 19.4 Å². The highest BCUT2D eigenvalue weighted by atomic mass is 16.5. The second kappa shape index (κ2) is 5.42. The van der Waals surface area contributed by atoms with Crippen LogP contribution >= 0.6 is 0 Å². The molecule has 10 rings (SSSR count). The molecule has 2 unspecified atom stereocenters. The number of nitrogens with zero attached hydrogens (tertiary/aromatic N) is 2. The Balaban J connectivity index is 1.38. The fourth-order valence-electron chi connectivity index (χ4n) is 11.0. The number of benzene rings is 2. The molecular weight excluding hydrogens is 428 g/mol. The number of carbonyl (C=O) groups excluding carboxylic acids is 2. The van der Waals surface area contributed by atoms with Gasteiger partial charge in [0, 0.05) is 35.8 Å². The Morgan fingerprint density at radius 3 is 1.62 bits per heavy atom. The fourth-order valence-corrected chi connectivity index (χ4v) is 11.0. The average Bonchev–Trinajstić information content (AvgIpc) is 3.67. The van der Waals surface area contributed by atoms with Gasteiger partial charge in [-0.1, -0.05) is 48.5 Å². The number of rotatable bonds is 2. The summed E-state index contributed by atoms with van der Waals surface area (Å²) in [7, 11) is 3.05. The molecule has 6 fully saturated rings. The average molecular weight is 455 g/mol. The van der Waals surface area contributed by atoms with Crippen molar-refractivity contribution in [3.63, 3.8) is 0 Å². The van der Waals surface area contributed by atoms with E-state index in [1.165, 1.54) is 36.5 Å². The van der Waals surface area contributed by atoms with Crippen molar-refractivity contribution in [3.05, 3.63) is 70.8 Å². The number of methoxy groups -OCH3 is 2. The van der Waals surface area contributed by atoms with Gasteiger partial charge in [0.05, 0.1) is 20.9 Å². The van der Waals surface area contributed by atoms with Crippen LogP contribution < -0.4 is 0 Å². The molecule has 8 aliphatic rings. The summed E-state index contributed by atoms with van der Waals surface area (Å²) in [5.41, 5.74) is 3.86. The highest BCUT2D eigenvalue weighted by Crippen LogP contribution is 2.85. The first-order chi connectivity index (χ1) is 16.6. The molecule has 0 radical (unpaired) electrons. The van der Waals surface area contributed by atoms with Crippen LogP contribution in [0.4, 0.5) is 0 Å². The van der Waals surface area contributed by atoms with Crippen LogP contribution in [-0.2, 0) is 19.1 Å². The summed E-state index contributed by atoms with van der Waals surface area (Å²) in [6.07, 6.45) is 1.02. The molecule has 0 amide bonds. The number of hydrogen-bond acceptors (Lipinski definition) is 6. The van der Waals surface area contributed by atoms with Crippen molar-refractivity contribution in [2.24, 2.45) is 23.7 Å². The third-order valence-corrected chi connectivity index (χ3v) is 11.2. The smallest absolute Gasteiger partial charge is 0.327 e. The minimum absolute atomic E-state index is 0.0421. The van der Waals surface area contributed by atoms with Gasteiger partial charge in [-0.15, -0.1) is 0 Å². The minimum atomic E-state index is -0.783. The zero-order valence-electron chi connectivity index (χ0n) is 19.2. The van der Waals surface area contributed by atoms with Crippen molar-refractivity contribution in [1.82, 2.24) is 9.80 Å². The molecular formula is C28H26N2O4. The minimum Gasteiger partial charge on any atom is -0.468 e. The van der Waals surface area contributed by atoms with Crippen LogP contribution in [0.3, 0.4) is 0 Å². The maximum atomic E-state index is 14.1. The van der Waals surface area contributed by atoms with Crippen molar-refractivity contribution in [2.75, 3.05) is 20.9 Å². The summed E-state index contributed by atoms with van der Waals surface area (Å²) in [5, 5.41) is 0. The number of carbonyl (C=O) groups is 2. The molecule has 12 atom stereocenters. The highest BCUT2D eigenvalue weighted by Gasteiger charge is 2.94. The molecule has 6 nitrogen and oxygen atoms in total. The molecule has 0 aromatic heterocycles. The van der Waals surface area contributed by atoms with Crippen molar-refractivity contribution < 1.29 is 19.1 Å². The zero-order chi connectivity index (χ0) is 22.7. The van der Waals surface area contributed by atoms with E-state index < -0.39 is 11.1 Å². The van der Waals surface area contributed by atoms with Crippen LogP contribution in [0.1, 0.15) is 52.6 Å². The Kier molecular flexibility index (Phi) is 2.96. The van der Waals surface area contributed by atoms with Gasteiger partial charge in [-0.05, 0) is 40.5 Å². The van der Waals surface area contributed by atoms with Crippen LogP contribution in [-0.4, -0.2) is 53.7 Å². The van der Waals surface area contributed by atoms with Gasteiger partial charge < -0.3 is 9.47 Å². The molecule has 34 heavy (non-hydrogen) atoms. The van der Waals surface area contributed by atoms with Gasteiger partial charge in [0.15, 0.2) is 0 Å². The number of ether oxygens (including phenoxy) is 2. The summed E-state index contributed by atoms with van der Waals surface area (Å²) in [5.74, 6) is 0.511. The zero-order valence-corrected chi connectivity index (χ0v) is 19.2. The van der Waals surface area contributed by atoms with Crippen molar-refractivity contribution in [2.45, 2.75) is 41.4 Å². The predicted molar refractivity (Wildman–Crippen MR) is 120 cm³/mol. The molecule has 0 spiro atoms. The Labute approximate surface area is 197 Å². The lowest BCUT2D eigenvalue weighted by molar-refractivity contribution is -0.176. The summed E-state index contributed by atoms with van der Waals surface area (Å²) < 4.78 is 11.3. The SMILES string of the molecule is COC(=O)[C@@]12[C@@H]3[C@H]4[C@H]5c6ccccc6[C@@H]3N5CN1[C@@]4(C(=O)OC)[C@@H]1[C@H]2[C@@H]2C[C@H]1c1ccccc12. The molecule has 2 aromatic rings.